The topological polar surface area (TPSA) is 64.0 Å². The molecule has 0 unspecified atom stereocenters. The van der Waals surface area contributed by atoms with E-state index in [0.717, 1.165) is 11.4 Å². The molecule has 0 bridgehead atoms. The molecule has 0 amide bonds. The summed E-state index contributed by atoms with van der Waals surface area (Å²) in [6.45, 7) is 4.51. The Morgan fingerprint density at radius 2 is 1.91 bits per heavy atom. The Balaban J connectivity index is 1.97. The summed E-state index contributed by atoms with van der Waals surface area (Å²) in [5, 5.41) is 5.38. The number of hydrogen-bond donors (Lipinski definition) is 1. The number of sulfonamides is 1. The van der Waals surface area contributed by atoms with Crippen LogP contribution in [0.25, 0.3) is 0 Å². The minimum atomic E-state index is -3.70. The summed E-state index contributed by atoms with van der Waals surface area (Å²) in [7, 11) is -3.70. The molecular weight excluding hydrogens is 381 g/mol. The van der Waals surface area contributed by atoms with Crippen LogP contribution in [0.15, 0.2) is 23.1 Å². The first-order valence-corrected chi connectivity index (χ1v) is 9.48. The van der Waals surface area contributed by atoms with Crippen LogP contribution in [0.2, 0.25) is 15.1 Å². The predicted octanol–water partition coefficient (Wildman–Crippen LogP) is 3.83. The quantitative estimate of drug-likeness (QED) is 0.755. The van der Waals surface area contributed by atoms with Gasteiger partial charge in [-0.3, -0.25) is 4.68 Å². The van der Waals surface area contributed by atoms with E-state index in [2.05, 4.69) is 9.82 Å². The monoisotopic (exact) mass is 395 g/mol. The van der Waals surface area contributed by atoms with Crippen molar-refractivity contribution >= 4 is 44.8 Å². The van der Waals surface area contributed by atoms with Crippen LogP contribution < -0.4 is 4.72 Å². The lowest BCUT2D eigenvalue weighted by molar-refractivity contribution is 0.544. The SMILES string of the molecule is Cc1nn(CCCNS(=O)(=O)c2cc(Cl)ccc2Cl)c(C)c1Cl. The molecule has 5 nitrogen and oxygen atoms in total. The predicted molar refractivity (Wildman–Crippen MR) is 93.0 cm³/mol. The summed E-state index contributed by atoms with van der Waals surface area (Å²) >= 11 is 17.8. The molecule has 1 heterocycles. The molecule has 0 saturated heterocycles. The zero-order chi connectivity index (χ0) is 17.2. The number of benzene rings is 1. The van der Waals surface area contributed by atoms with Crippen molar-refractivity contribution in [3.8, 4) is 0 Å². The van der Waals surface area contributed by atoms with Gasteiger partial charge >= 0.3 is 0 Å². The van der Waals surface area contributed by atoms with Gasteiger partial charge in [-0.05, 0) is 38.5 Å². The van der Waals surface area contributed by atoms with E-state index in [4.69, 9.17) is 34.8 Å². The highest BCUT2D eigenvalue weighted by molar-refractivity contribution is 7.89. The first-order chi connectivity index (χ1) is 10.7. The van der Waals surface area contributed by atoms with Gasteiger partial charge in [0.2, 0.25) is 10.0 Å². The number of aromatic nitrogens is 2. The standard InChI is InChI=1S/C14H16Cl3N3O2S/c1-9-14(17)10(2)20(19-9)7-3-6-18-23(21,22)13-8-11(15)4-5-12(13)16/h4-5,8,18H,3,6-7H2,1-2H3. The molecule has 2 aromatic rings. The average Bonchev–Trinajstić information content (AvgIpc) is 2.73. The average molecular weight is 397 g/mol. The molecule has 0 aliphatic carbocycles. The molecule has 0 fully saturated rings. The molecule has 0 spiro atoms. The molecule has 0 aliphatic heterocycles. The third-order valence-corrected chi connectivity index (χ3v) is 6.04. The summed E-state index contributed by atoms with van der Waals surface area (Å²) in [6, 6.07) is 4.32. The maximum absolute atomic E-state index is 12.2. The minimum absolute atomic E-state index is 0.0270. The maximum atomic E-state index is 12.2. The molecule has 1 aromatic heterocycles. The molecule has 2 rings (SSSR count). The Bertz CT molecular complexity index is 819. The van der Waals surface area contributed by atoms with Crippen LogP contribution >= 0.6 is 34.8 Å². The zero-order valence-electron chi connectivity index (χ0n) is 12.6. The lowest BCUT2D eigenvalue weighted by Gasteiger charge is -2.09. The molecule has 0 atom stereocenters. The van der Waals surface area contributed by atoms with Crippen molar-refractivity contribution in [3.05, 3.63) is 44.7 Å². The van der Waals surface area contributed by atoms with E-state index in [9.17, 15) is 8.42 Å². The van der Waals surface area contributed by atoms with Crippen molar-refractivity contribution in [2.24, 2.45) is 0 Å². The Hall–Kier alpha value is -0.790. The van der Waals surface area contributed by atoms with Crippen molar-refractivity contribution in [2.75, 3.05) is 6.54 Å². The van der Waals surface area contributed by atoms with Crippen molar-refractivity contribution < 1.29 is 8.42 Å². The van der Waals surface area contributed by atoms with Crippen LogP contribution in [0.1, 0.15) is 17.8 Å². The first-order valence-electron chi connectivity index (χ1n) is 6.86. The van der Waals surface area contributed by atoms with Gasteiger partial charge in [-0.25, -0.2) is 13.1 Å². The van der Waals surface area contributed by atoms with Gasteiger partial charge in [0, 0.05) is 18.1 Å². The van der Waals surface area contributed by atoms with E-state index in [0.29, 0.717) is 23.0 Å². The second-order valence-corrected chi connectivity index (χ2v) is 7.99. The summed E-state index contributed by atoms with van der Waals surface area (Å²) in [6.07, 6.45) is 0.565. The van der Waals surface area contributed by atoms with E-state index >= 15 is 0 Å². The summed E-state index contributed by atoms with van der Waals surface area (Å²) in [5.74, 6) is 0. The van der Waals surface area contributed by atoms with E-state index in [1.807, 2.05) is 13.8 Å². The molecule has 0 radical (unpaired) electrons. The largest absolute Gasteiger partial charge is 0.268 e. The van der Waals surface area contributed by atoms with E-state index in [1.165, 1.54) is 18.2 Å². The Morgan fingerprint density at radius 1 is 1.22 bits per heavy atom. The second kappa shape index (κ2) is 7.40. The van der Waals surface area contributed by atoms with Crippen LogP contribution in [0, 0.1) is 13.8 Å². The molecule has 1 N–H and O–H groups in total. The minimum Gasteiger partial charge on any atom is -0.268 e. The first kappa shape index (κ1) is 18.5. The number of nitrogens with one attached hydrogen (secondary N) is 1. The van der Waals surface area contributed by atoms with Crippen molar-refractivity contribution in [1.82, 2.24) is 14.5 Å². The lowest BCUT2D eigenvalue weighted by atomic mass is 10.4. The van der Waals surface area contributed by atoms with Crippen molar-refractivity contribution in [2.45, 2.75) is 31.7 Å². The molecule has 9 heteroatoms. The van der Waals surface area contributed by atoms with Gasteiger partial charge in [-0.15, -0.1) is 0 Å². The number of hydrogen-bond acceptors (Lipinski definition) is 3. The Kier molecular flexibility index (Phi) is 5.97. The fourth-order valence-corrected chi connectivity index (χ4v) is 4.06. The van der Waals surface area contributed by atoms with Gasteiger partial charge in [0.15, 0.2) is 0 Å². The van der Waals surface area contributed by atoms with E-state index < -0.39 is 10.0 Å². The number of rotatable bonds is 6. The highest BCUT2D eigenvalue weighted by atomic mass is 35.5. The fraction of sp³-hybridized carbons (Fsp3) is 0.357. The van der Waals surface area contributed by atoms with Gasteiger partial charge in [0.1, 0.15) is 4.90 Å². The number of halogens is 3. The molecular formula is C14H16Cl3N3O2S. The molecule has 0 saturated carbocycles. The number of nitrogens with zero attached hydrogens (tertiary/aromatic N) is 2. The summed E-state index contributed by atoms with van der Waals surface area (Å²) < 4.78 is 28.8. The zero-order valence-corrected chi connectivity index (χ0v) is 15.7. The fourth-order valence-electron chi connectivity index (χ4n) is 2.09. The van der Waals surface area contributed by atoms with E-state index in [1.54, 1.807) is 4.68 Å². The van der Waals surface area contributed by atoms with Crippen LogP contribution in [0.3, 0.4) is 0 Å². The normalized spacial score (nSPS) is 11.9. The lowest BCUT2D eigenvalue weighted by Crippen LogP contribution is -2.26. The Morgan fingerprint density at radius 3 is 2.52 bits per heavy atom. The van der Waals surface area contributed by atoms with Crippen molar-refractivity contribution in [1.29, 1.82) is 0 Å². The highest BCUT2D eigenvalue weighted by Crippen LogP contribution is 2.24. The van der Waals surface area contributed by atoms with Gasteiger partial charge in [-0.1, -0.05) is 34.8 Å². The van der Waals surface area contributed by atoms with E-state index in [-0.39, 0.29) is 16.5 Å². The molecule has 126 valence electrons. The highest BCUT2D eigenvalue weighted by Gasteiger charge is 2.18. The maximum Gasteiger partial charge on any atom is 0.242 e. The Labute approximate surface area is 150 Å². The third-order valence-electron chi connectivity index (χ3n) is 3.31. The van der Waals surface area contributed by atoms with Crippen molar-refractivity contribution in [3.63, 3.8) is 0 Å². The molecule has 23 heavy (non-hydrogen) atoms. The smallest absolute Gasteiger partial charge is 0.242 e. The summed E-state index contributed by atoms with van der Waals surface area (Å²) in [5.41, 5.74) is 1.63. The van der Waals surface area contributed by atoms with Gasteiger partial charge in [0.25, 0.3) is 0 Å². The van der Waals surface area contributed by atoms with Gasteiger partial charge in [0.05, 0.1) is 21.4 Å². The van der Waals surface area contributed by atoms with Crippen LogP contribution in [0.5, 0.6) is 0 Å². The van der Waals surface area contributed by atoms with Gasteiger partial charge in [-0.2, -0.15) is 5.10 Å². The second-order valence-electron chi connectivity index (χ2n) is 5.03. The molecule has 0 aliphatic rings. The summed E-state index contributed by atoms with van der Waals surface area (Å²) in [4.78, 5) is -0.0270. The third kappa shape index (κ3) is 4.39. The van der Waals surface area contributed by atoms with Crippen LogP contribution in [0.4, 0.5) is 0 Å². The van der Waals surface area contributed by atoms with Gasteiger partial charge < -0.3 is 0 Å². The van der Waals surface area contributed by atoms with Crippen LogP contribution in [-0.4, -0.2) is 24.7 Å². The number of aryl methyl sites for hydroxylation is 2. The van der Waals surface area contributed by atoms with Crippen LogP contribution in [-0.2, 0) is 16.6 Å². The molecule has 1 aromatic carbocycles.